The highest BCUT2D eigenvalue weighted by Gasteiger charge is 2.50. The highest BCUT2D eigenvalue weighted by molar-refractivity contribution is 5.77. The van der Waals surface area contributed by atoms with Crippen LogP contribution in [0.3, 0.4) is 0 Å². The third kappa shape index (κ3) is 3.05. The van der Waals surface area contributed by atoms with Gasteiger partial charge in [0.15, 0.2) is 0 Å². The highest BCUT2D eigenvalue weighted by Crippen LogP contribution is 2.40. The van der Waals surface area contributed by atoms with Crippen LogP contribution >= 0.6 is 0 Å². The first-order chi connectivity index (χ1) is 12.5. The number of aromatic nitrogens is 2. The maximum Gasteiger partial charge on any atom is 0.314 e. The Morgan fingerprint density at radius 3 is 2.69 bits per heavy atom. The third-order valence-corrected chi connectivity index (χ3v) is 5.28. The normalized spacial score (nSPS) is 26.1. The summed E-state index contributed by atoms with van der Waals surface area (Å²) >= 11 is 0. The second kappa shape index (κ2) is 6.35. The second-order valence-corrected chi connectivity index (χ2v) is 7.20. The molecule has 1 aromatic heterocycles. The van der Waals surface area contributed by atoms with E-state index in [2.05, 4.69) is 10.1 Å². The Hall–Kier alpha value is -2.48. The van der Waals surface area contributed by atoms with Gasteiger partial charge in [0, 0.05) is 19.0 Å². The fourth-order valence-electron chi connectivity index (χ4n) is 3.53. The average molecular weight is 361 g/mol. The van der Waals surface area contributed by atoms with Crippen LogP contribution in [-0.2, 0) is 11.2 Å². The van der Waals surface area contributed by atoms with Crippen LogP contribution in [0.4, 0.5) is 10.3 Å². The molecular formula is C18H20FN3O4. The van der Waals surface area contributed by atoms with Crippen molar-refractivity contribution in [2.45, 2.75) is 37.7 Å². The minimum absolute atomic E-state index is 0.0600. The van der Waals surface area contributed by atoms with E-state index in [0.29, 0.717) is 29.9 Å². The van der Waals surface area contributed by atoms with Crippen LogP contribution in [0.15, 0.2) is 28.8 Å². The van der Waals surface area contributed by atoms with Gasteiger partial charge in [-0.25, -0.2) is 4.39 Å². The van der Waals surface area contributed by atoms with Gasteiger partial charge in [-0.15, -0.1) is 0 Å². The van der Waals surface area contributed by atoms with Crippen LogP contribution in [0, 0.1) is 11.2 Å². The molecule has 7 nitrogen and oxygen atoms in total. The summed E-state index contributed by atoms with van der Waals surface area (Å²) in [6, 6.07) is 5.67. The first-order valence-electron chi connectivity index (χ1n) is 8.72. The predicted molar refractivity (Wildman–Crippen MR) is 89.3 cm³/mol. The van der Waals surface area contributed by atoms with Crippen molar-refractivity contribution in [3.63, 3.8) is 0 Å². The summed E-state index contributed by atoms with van der Waals surface area (Å²) in [5.41, 5.74) is -0.766. The first kappa shape index (κ1) is 17.0. The van der Waals surface area contributed by atoms with Gasteiger partial charge in [0.2, 0.25) is 5.89 Å². The number of hydrogen-bond acceptors (Lipinski definition) is 6. The zero-order valence-corrected chi connectivity index (χ0v) is 14.1. The predicted octanol–water partition coefficient (Wildman–Crippen LogP) is 1.97. The lowest BCUT2D eigenvalue weighted by molar-refractivity contribution is -0.157. The van der Waals surface area contributed by atoms with Gasteiger partial charge in [-0.2, -0.15) is 4.98 Å². The third-order valence-electron chi connectivity index (χ3n) is 5.28. The molecule has 0 spiro atoms. The van der Waals surface area contributed by atoms with Crippen LogP contribution in [0.25, 0.3) is 0 Å². The van der Waals surface area contributed by atoms with Crippen LogP contribution < -0.4 is 4.90 Å². The number of anilines is 1. The van der Waals surface area contributed by atoms with Crippen molar-refractivity contribution in [1.82, 2.24) is 10.1 Å². The monoisotopic (exact) mass is 361 g/mol. The summed E-state index contributed by atoms with van der Waals surface area (Å²) in [5.74, 6) is -0.211. The highest BCUT2D eigenvalue weighted by atomic mass is 19.1. The Morgan fingerprint density at radius 1 is 1.31 bits per heavy atom. The lowest BCUT2D eigenvalue weighted by Gasteiger charge is -2.43. The smallest absolute Gasteiger partial charge is 0.314 e. The van der Waals surface area contributed by atoms with Gasteiger partial charge in [-0.1, -0.05) is 12.1 Å². The number of aliphatic hydroxyl groups excluding tert-OH is 1. The molecule has 0 bridgehead atoms. The van der Waals surface area contributed by atoms with E-state index in [0.717, 1.165) is 12.8 Å². The SMILES string of the molecule is O=C(O)[C@]1(Cc2ccc(F)cc2)CN(c2noc(C3CC3)n2)CC[C@H]1O. The van der Waals surface area contributed by atoms with Gasteiger partial charge in [-0.3, -0.25) is 4.79 Å². The molecule has 0 unspecified atom stereocenters. The lowest BCUT2D eigenvalue weighted by Crippen LogP contribution is -2.57. The van der Waals surface area contributed by atoms with E-state index in [1.807, 2.05) is 0 Å². The number of aliphatic carboxylic acids is 1. The molecular weight excluding hydrogens is 341 g/mol. The molecule has 2 fully saturated rings. The van der Waals surface area contributed by atoms with E-state index in [1.54, 1.807) is 17.0 Å². The molecule has 1 aliphatic carbocycles. The number of piperidine rings is 1. The van der Waals surface area contributed by atoms with Crippen molar-refractivity contribution >= 4 is 11.9 Å². The zero-order valence-electron chi connectivity index (χ0n) is 14.1. The molecule has 1 aromatic carbocycles. The maximum atomic E-state index is 13.2. The van der Waals surface area contributed by atoms with Gasteiger partial charge in [-0.05, 0) is 48.5 Å². The summed E-state index contributed by atoms with van der Waals surface area (Å²) in [6.07, 6.45) is 1.42. The number of carboxylic acid groups (broad SMARTS) is 1. The van der Waals surface area contributed by atoms with E-state index in [1.165, 1.54) is 12.1 Å². The molecule has 26 heavy (non-hydrogen) atoms. The summed E-state index contributed by atoms with van der Waals surface area (Å²) in [6.45, 7) is 0.508. The van der Waals surface area contributed by atoms with Crippen molar-refractivity contribution in [3.05, 3.63) is 41.5 Å². The molecule has 2 N–H and O–H groups in total. The van der Waals surface area contributed by atoms with E-state index in [9.17, 15) is 19.4 Å². The molecule has 4 rings (SSSR count). The molecule has 2 aliphatic rings. The maximum absolute atomic E-state index is 13.2. The topological polar surface area (TPSA) is 99.7 Å². The van der Waals surface area contributed by atoms with Crippen LogP contribution in [0.1, 0.15) is 36.6 Å². The standard InChI is InChI=1S/C18H20FN3O4/c19-13-5-1-11(2-6-13)9-18(16(24)25)10-22(8-7-14(18)23)17-20-15(26-21-17)12-3-4-12/h1-2,5-6,12,14,23H,3-4,7-10H2,(H,24,25)/t14-,18-/m1/s1. The quantitative estimate of drug-likeness (QED) is 0.840. The Balaban J connectivity index is 1.60. The van der Waals surface area contributed by atoms with Gasteiger partial charge in [0.25, 0.3) is 5.95 Å². The van der Waals surface area contributed by atoms with E-state index >= 15 is 0 Å². The molecule has 0 radical (unpaired) electrons. The number of nitrogens with zero attached hydrogens (tertiary/aromatic N) is 3. The summed E-state index contributed by atoms with van der Waals surface area (Å²) < 4.78 is 18.4. The molecule has 1 saturated heterocycles. The van der Waals surface area contributed by atoms with Gasteiger partial charge < -0.3 is 19.6 Å². The second-order valence-electron chi connectivity index (χ2n) is 7.20. The van der Waals surface area contributed by atoms with Crippen molar-refractivity contribution in [2.75, 3.05) is 18.0 Å². The molecule has 138 valence electrons. The van der Waals surface area contributed by atoms with Gasteiger partial charge >= 0.3 is 5.97 Å². The Bertz CT molecular complexity index is 805. The van der Waals surface area contributed by atoms with Gasteiger partial charge in [0.05, 0.1) is 6.10 Å². The molecule has 1 saturated carbocycles. The Morgan fingerprint density at radius 2 is 2.04 bits per heavy atom. The molecule has 1 aliphatic heterocycles. The van der Waals surface area contributed by atoms with Gasteiger partial charge in [0.1, 0.15) is 11.2 Å². The summed E-state index contributed by atoms with van der Waals surface area (Å²) in [7, 11) is 0. The Labute approximate surface area is 149 Å². The average Bonchev–Trinajstić information content (AvgIpc) is 3.36. The summed E-state index contributed by atoms with van der Waals surface area (Å²) in [4.78, 5) is 18.3. The van der Waals surface area contributed by atoms with Crippen LogP contribution in [0.5, 0.6) is 0 Å². The van der Waals surface area contributed by atoms with Crippen molar-refractivity contribution < 1.29 is 23.9 Å². The first-order valence-corrected chi connectivity index (χ1v) is 8.72. The van der Waals surface area contributed by atoms with E-state index in [4.69, 9.17) is 4.52 Å². The van der Waals surface area contributed by atoms with Crippen LogP contribution in [-0.4, -0.2) is 45.5 Å². The zero-order chi connectivity index (χ0) is 18.3. The number of hydrogen-bond donors (Lipinski definition) is 2. The number of halogens is 1. The number of aliphatic hydroxyl groups is 1. The fourth-order valence-corrected chi connectivity index (χ4v) is 3.53. The van der Waals surface area contributed by atoms with Crippen molar-refractivity contribution in [2.24, 2.45) is 5.41 Å². The molecule has 2 heterocycles. The lowest BCUT2D eigenvalue weighted by atomic mass is 9.73. The Kier molecular flexibility index (Phi) is 4.14. The van der Waals surface area contributed by atoms with Crippen LogP contribution in [0.2, 0.25) is 0 Å². The van der Waals surface area contributed by atoms with Crippen molar-refractivity contribution in [3.8, 4) is 0 Å². The number of benzene rings is 1. The van der Waals surface area contributed by atoms with E-state index < -0.39 is 17.5 Å². The number of carbonyl (C=O) groups is 1. The fraction of sp³-hybridized carbons (Fsp3) is 0.500. The molecule has 0 amide bonds. The number of rotatable bonds is 5. The largest absolute Gasteiger partial charge is 0.481 e. The molecule has 2 aromatic rings. The van der Waals surface area contributed by atoms with Crippen molar-refractivity contribution in [1.29, 1.82) is 0 Å². The van der Waals surface area contributed by atoms with E-state index in [-0.39, 0.29) is 25.2 Å². The minimum Gasteiger partial charge on any atom is -0.481 e. The summed E-state index contributed by atoms with van der Waals surface area (Å²) in [5, 5.41) is 24.4. The molecule has 2 atom stereocenters. The number of carboxylic acids is 1. The molecule has 8 heteroatoms. The minimum atomic E-state index is -1.42.